The molecule has 24 heavy (non-hydrogen) atoms. The Kier molecular flexibility index (Phi) is 4.17. The Balaban J connectivity index is 1.51. The highest BCUT2D eigenvalue weighted by molar-refractivity contribution is 6.06. The molecule has 1 aliphatic carbocycles. The first-order valence-electron chi connectivity index (χ1n) is 9.25. The van der Waals surface area contributed by atoms with E-state index in [1.165, 1.54) is 25.7 Å². The number of hydrogen-bond acceptors (Lipinski definition) is 3. The van der Waals surface area contributed by atoms with Gasteiger partial charge in [-0.25, -0.2) is 0 Å². The van der Waals surface area contributed by atoms with Crippen LogP contribution in [0.4, 0.5) is 11.4 Å². The summed E-state index contributed by atoms with van der Waals surface area (Å²) in [4.78, 5) is 27.0. The van der Waals surface area contributed by atoms with E-state index in [9.17, 15) is 9.59 Å². The molecule has 1 atom stereocenters. The van der Waals surface area contributed by atoms with Gasteiger partial charge in [-0.05, 0) is 43.9 Å². The maximum atomic E-state index is 12.6. The number of fused-ring (bicyclic) bond motifs is 3. The minimum Gasteiger partial charge on any atom is -0.358 e. The molecule has 1 saturated heterocycles. The number of hydrogen-bond donors (Lipinski definition) is 2. The van der Waals surface area contributed by atoms with Crippen molar-refractivity contribution in [1.29, 1.82) is 0 Å². The molecular weight excluding hydrogens is 302 g/mol. The summed E-state index contributed by atoms with van der Waals surface area (Å²) >= 11 is 0. The summed E-state index contributed by atoms with van der Waals surface area (Å²) in [5, 5.41) is 6.15. The van der Waals surface area contributed by atoms with E-state index in [2.05, 4.69) is 15.5 Å². The Morgan fingerprint density at radius 2 is 1.88 bits per heavy atom. The van der Waals surface area contributed by atoms with Crippen LogP contribution in [0, 0.1) is 0 Å². The molecule has 1 aromatic rings. The molecule has 0 spiro atoms. The minimum atomic E-state index is -0.0387. The number of carbonyl (C=O) groups is 2. The van der Waals surface area contributed by atoms with Gasteiger partial charge in [0, 0.05) is 18.2 Å². The smallest absolute Gasteiger partial charge is 0.251 e. The molecule has 0 unspecified atom stereocenters. The van der Waals surface area contributed by atoms with Crippen molar-refractivity contribution in [2.45, 2.75) is 63.5 Å². The Morgan fingerprint density at radius 1 is 1.08 bits per heavy atom. The second-order valence-corrected chi connectivity index (χ2v) is 7.23. The molecule has 2 heterocycles. The fourth-order valence-corrected chi connectivity index (χ4v) is 4.26. The lowest BCUT2D eigenvalue weighted by atomic mass is 10.1. The standard InChI is InChI=1S/C19H25N3O2/c23-18(20-14-6-3-1-2-4-7-14)13-9-10-16-15(12-13)21-19(24)17-8-5-11-22(16)17/h9-10,12,14,17H,1-8,11H2,(H,20,23)(H,21,24)/t17-/m0/s1. The average Bonchev–Trinajstić information content (AvgIpc) is 2.94. The lowest BCUT2D eigenvalue weighted by Crippen LogP contribution is -2.44. The van der Waals surface area contributed by atoms with Crippen molar-refractivity contribution in [2.75, 3.05) is 16.8 Å². The van der Waals surface area contributed by atoms with Gasteiger partial charge < -0.3 is 15.5 Å². The Morgan fingerprint density at radius 3 is 2.67 bits per heavy atom. The second kappa shape index (κ2) is 6.46. The van der Waals surface area contributed by atoms with Gasteiger partial charge in [-0.3, -0.25) is 9.59 Å². The lowest BCUT2D eigenvalue weighted by Gasteiger charge is -2.33. The van der Waals surface area contributed by atoms with E-state index in [0.717, 1.165) is 43.6 Å². The van der Waals surface area contributed by atoms with E-state index in [0.29, 0.717) is 5.56 Å². The SMILES string of the molecule is O=C(NC1CCCCCC1)c1ccc2c(c1)NC(=O)[C@@H]1CCCN21. The highest BCUT2D eigenvalue weighted by Gasteiger charge is 2.36. The van der Waals surface area contributed by atoms with Crippen LogP contribution in [0.25, 0.3) is 0 Å². The number of anilines is 2. The van der Waals surface area contributed by atoms with Crippen molar-refractivity contribution in [3.05, 3.63) is 23.8 Å². The van der Waals surface area contributed by atoms with Gasteiger partial charge in [0.05, 0.1) is 11.4 Å². The number of amides is 2. The largest absolute Gasteiger partial charge is 0.358 e. The first kappa shape index (κ1) is 15.5. The molecule has 2 N–H and O–H groups in total. The Labute approximate surface area is 142 Å². The van der Waals surface area contributed by atoms with Crippen LogP contribution in [0.3, 0.4) is 0 Å². The van der Waals surface area contributed by atoms with Gasteiger partial charge in [0.1, 0.15) is 6.04 Å². The zero-order valence-corrected chi connectivity index (χ0v) is 14.0. The third-order valence-corrected chi connectivity index (χ3v) is 5.57. The molecule has 4 rings (SSSR count). The van der Waals surface area contributed by atoms with E-state index in [1.54, 1.807) is 0 Å². The van der Waals surface area contributed by atoms with Crippen molar-refractivity contribution in [1.82, 2.24) is 5.32 Å². The van der Waals surface area contributed by atoms with Crippen molar-refractivity contribution in [3.63, 3.8) is 0 Å². The predicted molar refractivity (Wildman–Crippen MR) is 94.4 cm³/mol. The summed E-state index contributed by atoms with van der Waals surface area (Å²) in [5.74, 6) is 0.0313. The van der Waals surface area contributed by atoms with Crippen LogP contribution in [0.2, 0.25) is 0 Å². The Hall–Kier alpha value is -2.04. The topological polar surface area (TPSA) is 61.4 Å². The summed E-state index contributed by atoms with van der Waals surface area (Å²) in [6.45, 7) is 0.915. The molecule has 128 valence electrons. The second-order valence-electron chi connectivity index (χ2n) is 7.23. The normalized spacial score (nSPS) is 23.9. The molecular formula is C19H25N3O2. The average molecular weight is 327 g/mol. The molecule has 0 bridgehead atoms. The van der Waals surface area contributed by atoms with Crippen LogP contribution in [0.5, 0.6) is 0 Å². The summed E-state index contributed by atoms with van der Waals surface area (Å²) < 4.78 is 0. The number of carbonyl (C=O) groups excluding carboxylic acids is 2. The van der Waals surface area contributed by atoms with E-state index in [1.807, 2.05) is 18.2 Å². The van der Waals surface area contributed by atoms with Crippen LogP contribution < -0.4 is 15.5 Å². The number of nitrogens with one attached hydrogen (secondary N) is 2. The molecule has 2 aliphatic heterocycles. The molecule has 1 aromatic carbocycles. The summed E-state index contributed by atoms with van der Waals surface area (Å²) in [6, 6.07) is 5.94. The van der Waals surface area contributed by atoms with E-state index < -0.39 is 0 Å². The summed E-state index contributed by atoms with van der Waals surface area (Å²) in [7, 11) is 0. The van der Waals surface area contributed by atoms with E-state index >= 15 is 0 Å². The maximum Gasteiger partial charge on any atom is 0.251 e. The van der Waals surface area contributed by atoms with Crippen molar-refractivity contribution in [2.24, 2.45) is 0 Å². The summed E-state index contributed by atoms with van der Waals surface area (Å²) in [6.07, 6.45) is 9.04. The molecule has 5 heteroatoms. The highest BCUT2D eigenvalue weighted by Crippen LogP contribution is 2.37. The lowest BCUT2D eigenvalue weighted by molar-refractivity contribution is -0.117. The van der Waals surface area contributed by atoms with Crippen LogP contribution in [-0.2, 0) is 4.79 Å². The molecule has 0 aromatic heterocycles. The number of nitrogens with zero attached hydrogens (tertiary/aromatic N) is 1. The van der Waals surface area contributed by atoms with Crippen LogP contribution >= 0.6 is 0 Å². The van der Waals surface area contributed by atoms with Crippen LogP contribution in [0.1, 0.15) is 61.7 Å². The molecule has 5 nitrogen and oxygen atoms in total. The fraction of sp³-hybridized carbons (Fsp3) is 0.579. The van der Waals surface area contributed by atoms with Crippen LogP contribution in [0.15, 0.2) is 18.2 Å². The van der Waals surface area contributed by atoms with Gasteiger partial charge in [-0.2, -0.15) is 0 Å². The zero-order chi connectivity index (χ0) is 16.5. The maximum absolute atomic E-state index is 12.6. The van der Waals surface area contributed by atoms with Gasteiger partial charge in [0.25, 0.3) is 5.91 Å². The molecule has 0 radical (unpaired) electrons. The van der Waals surface area contributed by atoms with Crippen molar-refractivity contribution < 1.29 is 9.59 Å². The van der Waals surface area contributed by atoms with Gasteiger partial charge in [0.15, 0.2) is 0 Å². The van der Waals surface area contributed by atoms with Gasteiger partial charge >= 0.3 is 0 Å². The zero-order valence-electron chi connectivity index (χ0n) is 14.0. The van der Waals surface area contributed by atoms with Gasteiger partial charge in [0.2, 0.25) is 5.91 Å². The quantitative estimate of drug-likeness (QED) is 0.821. The third kappa shape index (κ3) is 2.87. The number of rotatable bonds is 2. The summed E-state index contributed by atoms with van der Waals surface area (Å²) in [5.41, 5.74) is 2.45. The molecule has 2 amide bonds. The molecule has 1 saturated carbocycles. The van der Waals surface area contributed by atoms with E-state index in [4.69, 9.17) is 0 Å². The van der Waals surface area contributed by atoms with Gasteiger partial charge in [-0.15, -0.1) is 0 Å². The predicted octanol–water partition coefficient (Wildman–Crippen LogP) is 3.06. The van der Waals surface area contributed by atoms with E-state index in [-0.39, 0.29) is 23.9 Å². The van der Waals surface area contributed by atoms with Crippen LogP contribution in [-0.4, -0.2) is 30.4 Å². The fourth-order valence-electron chi connectivity index (χ4n) is 4.26. The Bertz CT molecular complexity index is 650. The first-order chi connectivity index (χ1) is 11.7. The molecule has 2 fully saturated rings. The number of benzene rings is 1. The molecule has 3 aliphatic rings. The highest BCUT2D eigenvalue weighted by atomic mass is 16.2. The third-order valence-electron chi connectivity index (χ3n) is 5.57. The van der Waals surface area contributed by atoms with Crippen molar-refractivity contribution in [3.8, 4) is 0 Å². The van der Waals surface area contributed by atoms with Crippen molar-refractivity contribution >= 4 is 23.2 Å². The van der Waals surface area contributed by atoms with Gasteiger partial charge in [-0.1, -0.05) is 25.7 Å². The monoisotopic (exact) mass is 327 g/mol. The first-order valence-corrected chi connectivity index (χ1v) is 9.25. The minimum absolute atomic E-state index is 0.0255.